The number of aromatic nitrogens is 1. The molecule has 2 fully saturated rings. The molecule has 0 aromatic carbocycles. The van der Waals surface area contributed by atoms with Gasteiger partial charge in [0.15, 0.2) is 0 Å². The molecule has 5 heteroatoms. The molecule has 0 unspecified atom stereocenters. The Morgan fingerprint density at radius 2 is 2.10 bits per heavy atom. The quantitative estimate of drug-likeness (QED) is 0.923. The van der Waals surface area contributed by atoms with Crippen LogP contribution in [0.5, 0.6) is 5.88 Å². The summed E-state index contributed by atoms with van der Waals surface area (Å²) in [6, 6.07) is 5.86. The molecule has 1 saturated carbocycles. The molecule has 1 saturated heterocycles. The maximum atomic E-state index is 11.2. The molecule has 1 aromatic rings. The van der Waals surface area contributed by atoms with Crippen LogP contribution in [0.1, 0.15) is 39.0 Å². The first-order chi connectivity index (χ1) is 10.1. The molecule has 2 aliphatic rings. The fraction of sp³-hybridized carbons (Fsp3) is 0.625. The Balaban J connectivity index is 1.59. The third-order valence-electron chi connectivity index (χ3n) is 4.73. The van der Waals surface area contributed by atoms with E-state index in [-0.39, 0.29) is 6.10 Å². The first-order valence-corrected chi connectivity index (χ1v) is 7.69. The van der Waals surface area contributed by atoms with Crippen LogP contribution in [0.4, 0.5) is 5.82 Å². The second-order valence-electron chi connectivity index (χ2n) is 6.36. The summed E-state index contributed by atoms with van der Waals surface area (Å²) in [5.41, 5.74) is -0.591. The van der Waals surface area contributed by atoms with Crippen LogP contribution in [-0.2, 0) is 4.79 Å². The van der Waals surface area contributed by atoms with Gasteiger partial charge in [0, 0.05) is 19.2 Å². The minimum atomic E-state index is -0.696. The number of hydrogen-bond acceptors (Lipinski definition) is 4. The van der Waals surface area contributed by atoms with Gasteiger partial charge < -0.3 is 14.7 Å². The summed E-state index contributed by atoms with van der Waals surface area (Å²) in [6.45, 7) is 3.96. The van der Waals surface area contributed by atoms with E-state index in [4.69, 9.17) is 4.74 Å². The molecule has 0 amide bonds. The van der Waals surface area contributed by atoms with Gasteiger partial charge >= 0.3 is 5.97 Å². The number of hydrogen-bond donors (Lipinski definition) is 1. The topological polar surface area (TPSA) is 62.7 Å². The molecule has 21 heavy (non-hydrogen) atoms. The van der Waals surface area contributed by atoms with Gasteiger partial charge in [0.2, 0.25) is 5.88 Å². The Bertz CT molecular complexity index is 520. The van der Waals surface area contributed by atoms with Crippen LogP contribution in [-0.4, -0.2) is 35.3 Å². The van der Waals surface area contributed by atoms with Gasteiger partial charge in [-0.15, -0.1) is 0 Å². The lowest BCUT2D eigenvalue weighted by atomic mass is 9.75. The molecule has 5 nitrogen and oxygen atoms in total. The van der Waals surface area contributed by atoms with E-state index in [0.717, 1.165) is 31.7 Å². The van der Waals surface area contributed by atoms with E-state index >= 15 is 0 Å². The minimum absolute atomic E-state index is 0.0802. The zero-order valence-electron chi connectivity index (χ0n) is 12.4. The van der Waals surface area contributed by atoms with Crippen LogP contribution in [0, 0.1) is 5.41 Å². The summed E-state index contributed by atoms with van der Waals surface area (Å²) >= 11 is 0. The molecule has 3 rings (SSSR count). The van der Waals surface area contributed by atoms with E-state index in [9.17, 15) is 9.90 Å². The van der Waals surface area contributed by atoms with Gasteiger partial charge in [-0.2, -0.15) is 4.98 Å². The van der Waals surface area contributed by atoms with Crippen LogP contribution < -0.4 is 9.64 Å². The van der Waals surface area contributed by atoms with Crippen molar-refractivity contribution < 1.29 is 14.6 Å². The van der Waals surface area contributed by atoms with Gasteiger partial charge in [0.1, 0.15) is 11.9 Å². The van der Waals surface area contributed by atoms with Crippen molar-refractivity contribution in [3.8, 4) is 5.88 Å². The number of carboxylic acid groups (broad SMARTS) is 1. The first kappa shape index (κ1) is 14.2. The Morgan fingerprint density at radius 3 is 2.67 bits per heavy atom. The zero-order valence-corrected chi connectivity index (χ0v) is 12.4. The molecule has 1 aliphatic carbocycles. The van der Waals surface area contributed by atoms with Gasteiger partial charge in [-0.3, -0.25) is 4.79 Å². The van der Waals surface area contributed by atoms with Crippen LogP contribution >= 0.6 is 0 Å². The van der Waals surface area contributed by atoms with E-state index in [2.05, 4.69) is 9.88 Å². The molecule has 1 aliphatic heterocycles. The standard InChI is InChI=1S/C16H22N2O3/c1-16(15(19)20)8-6-12(7-9-16)21-14-5-2-4-13(17-14)18-10-3-11-18/h2,4-5,12H,3,6-11H2,1H3,(H,19,20). The number of ether oxygens (including phenoxy) is 1. The first-order valence-electron chi connectivity index (χ1n) is 7.69. The Kier molecular flexibility index (Phi) is 3.74. The second-order valence-corrected chi connectivity index (χ2v) is 6.36. The monoisotopic (exact) mass is 290 g/mol. The lowest BCUT2D eigenvalue weighted by molar-refractivity contribution is -0.150. The molecule has 2 heterocycles. The lowest BCUT2D eigenvalue weighted by Crippen LogP contribution is -2.38. The molecule has 0 bridgehead atoms. The Hall–Kier alpha value is -1.78. The van der Waals surface area contributed by atoms with Crippen molar-refractivity contribution in [2.24, 2.45) is 5.41 Å². The normalized spacial score (nSPS) is 28.8. The average molecular weight is 290 g/mol. The molecule has 1 aromatic heterocycles. The van der Waals surface area contributed by atoms with Gasteiger partial charge in [-0.05, 0) is 45.1 Å². The lowest BCUT2D eigenvalue weighted by Gasteiger charge is -2.34. The van der Waals surface area contributed by atoms with Crippen LogP contribution in [0.15, 0.2) is 18.2 Å². The molecule has 114 valence electrons. The maximum Gasteiger partial charge on any atom is 0.309 e. The number of nitrogens with zero attached hydrogens (tertiary/aromatic N) is 2. The SMILES string of the molecule is CC1(C(=O)O)CCC(Oc2cccc(N3CCC3)n2)CC1. The minimum Gasteiger partial charge on any atom is -0.481 e. The van der Waals surface area contributed by atoms with Gasteiger partial charge in [-0.25, -0.2) is 0 Å². The summed E-state index contributed by atoms with van der Waals surface area (Å²) in [5, 5.41) is 9.25. The fourth-order valence-electron chi connectivity index (χ4n) is 2.92. The van der Waals surface area contributed by atoms with Crippen molar-refractivity contribution in [2.75, 3.05) is 18.0 Å². The predicted molar refractivity (Wildman–Crippen MR) is 79.7 cm³/mol. The van der Waals surface area contributed by atoms with Gasteiger partial charge in [0.05, 0.1) is 5.41 Å². The average Bonchev–Trinajstić information content (AvgIpc) is 2.40. The van der Waals surface area contributed by atoms with Crippen molar-refractivity contribution >= 4 is 11.8 Å². The molecule has 0 atom stereocenters. The third kappa shape index (κ3) is 2.96. The number of anilines is 1. The molecule has 0 spiro atoms. The molecular formula is C16H22N2O3. The summed E-state index contributed by atoms with van der Waals surface area (Å²) < 4.78 is 5.96. The van der Waals surface area contributed by atoms with Crippen LogP contribution in [0.2, 0.25) is 0 Å². The van der Waals surface area contributed by atoms with Crippen LogP contribution in [0.25, 0.3) is 0 Å². The predicted octanol–water partition coefficient (Wildman–Crippen LogP) is 2.70. The van der Waals surface area contributed by atoms with E-state index in [1.165, 1.54) is 6.42 Å². The summed E-state index contributed by atoms with van der Waals surface area (Å²) in [7, 11) is 0. The Labute approximate surface area is 124 Å². The van der Waals surface area contributed by atoms with E-state index in [1.54, 1.807) is 0 Å². The number of rotatable bonds is 4. The highest BCUT2D eigenvalue weighted by atomic mass is 16.5. The third-order valence-corrected chi connectivity index (χ3v) is 4.73. The van der Waals surface area contributed by atoms with Crippen molar-refractivity contribution in [2.45, 2.75) is 45.1 Å². The largest absolute Gasteiger partial charge is 0.481 e. The number of carboxylic acids is 1. The highest BCUT2D eigenvalue weighted by Crippen LogP contribution is 2.37. The molecule has 1 N–H and O–H groups in total. The fourth-order valence-corrected chi connectivity index (χ4v) is 2.92. The number of carbonyl (C=O) groups is 1. The molecular weight excluding hydrogens is 268 g/mol. The van der Waals surface area contributed by atoms with E-state index < -0.39 is 11.4 Å². The van der Waals surface area contributed by atoms with E-state index in [1.807, 2.05) is 25.1 Å². The second kappa shape index (κ2) is 5.54. The van der Waals surface area contributed by atoms with Crippen molar-refractivity contribution in [1.82, 2.24) is 4.98 Å². The zero-order chi connectivity index (χ0) is 14.9. The summed E-state index contributed by atoms with van der Waals surface area (Å²) in [6.07, 6.45) is 4.19. The van der Waals surface area contributed by atoms with E-state index in [0.29, 0.717) is 18.7 Å². The number of aliphatic carboxylic acids is 1. The Morgan fingerprint density at radius 1 is 1.38 bits per heavy atom. The number of pyridine rings is 1. The smallest absolute Gasteiger partial charge is 0.309 e. The highest BCUT2D eigenvalue weighted by Gasteiger charge is 2.38. The van der Waals surface area contributed by atoms with Crippen molar-refractivity contribution in [1.29, 1.82) is 0 Å². The molecule has 0 radical (unpaired) electrons. The summed E-state index contributed by atoms with van der Waals surface area (Å²) in [4.78, 5) is 18.0. The highest BCUT2D eigenvalue weighted by molar-refractivity contribution is 5.74. The van der Waals surface area contributed by atoms with Crippen molar-refractivity contribution in [3.05, 3.63) is 18.2 Å². The van der Waals surface area contributed by atoms with Gasteiger partial charge in [0.25, 0.3) is 0 Å². The van der Waals surface area contributed by atoms with Crippen LogP contribution in [0.3, 0.4) is 0 Å². The van der Waals surface area contributed by atoms with Crippen molar-refractivity contribution in [3.63, 3.8) is 0 Å². The maximum absolute atomic E-state index is 11.2. The summed E-state index contributed by atoms with van der Waals surface area (Å²) in [5.74, 6) is 0.937. The van der Waals surface area contributed by atoms with Gasteiger partial charge in [-0.1, -0.05) is 6.07 Å².